The monoisotopic (exact) mass is 604 g/mol. The van der Waals surface area contributed by atoms with Crippen molar-refractivity contribution in [1.29, 1.82) is 0 Å². The van der Waals surface area contributed by atoms with Gasteiger partial charge in [0.1, 0.15) is 23.2 Å². The summed E-state index contributed by atoms with van der Waals surface area (Å²) in [6.45, 7) is 5.68. The molecule has 0 saturated carbocycles. The second kappa shape index (κ2) is 11.8. The molecule has 10 heteroatoms. The molecular formula is C34H29ClN6O3. The zero-order valence-corrected chi connectivity index (χ0v) is 25.0. The number of pyridine rings is 2. The van der Waals surface area contributed by atoms with E-state index in [1.807, 2.05) is 81.4 Å². The first-order valence-electron chi connectivity index (χ1n) is 14.2. The number of halogens is 1. The van der Waals surface area contributed by atoms with E-state index in [9.17, 15) is 14.4 Å². The number of H-pyrrole nitrogens is 1. The molecule has 0 saturated heterocycles. The molecule has 6 rings (SSSR count). The Morgan fingerprint density at radius 2 is 1.64 bits per heavy atom. The van der Waals surface area contributed by atoms with Crippen LogP contribution in [-0.2, 0) is 0 Å². The van der Waals surface area contributed by atoms with E-state index in [1.54, 1.807) is 16.7 Å². The Morgan fingerprint density at radius 1 is 0.886 bits per heavy atom. The molecule has 1 amide bonds. The van der Waals surface area contributed by atoms with Gasteiger partial charge in [-0.1, -0.05) is 60.1 Å². The van der Waals surface area contributed by atoms with Gasteiger partial charge in [0.25, 0.3) is 11.5 Å². The SMILES string of the molecule is CC(C)NC(=O)c1ccc(-c2cccc3c(Cl)c(C(C)Nc4ncnc5[nH]ccc(=O)c45)n(-c4ccccc4)c(=O)c23)cc1. The number of aromatic amines is 1. The van der Waals surface area contributed by atoms with E-state index >= 15 is 0 Å². The maximum atomic E-state index is 14.5. The second-order valence-electron chi connectivity index (χ2n) is 10.8. The Kier molecular flexibility index (Phi) is 7.71. The van der Waals surface area contributed by atoms with Crippen LogP contribution < -0.4 is 21.6 Å². The second-order valence-corrected chi connectivity index (χ2v) is 11.1. The van der Waals surface area contributed by atoms with Gasteiger partial charge in [-0.05, 0) is 56.2 Å². The highest BCUT2D eigenvalue weighted by Crippen LogP contribution is 2.36. The minimum absolute atomic E-state index is 0.0127. The summed E-state index contributed by atoms with van der Waals surface area (Å²) in [5.41, 5.74) is 3.02. The molecule has 0 bridgehead atoms. The van der Waals surface area contributed by atoms with Crippen LogP contribution >= 0.6 is 11.6 Å². The lowest BCUT2D eigenvalue weighted by Crippen LogP contribution is -2.29. The highest BCUT2D eigenvalue weighted by molar-refractivity contribution is 6.36. The van der Waals surface area contributed by atoms with Gasteiger partial charge >= 0.3 is 0 Å². The Morgan fingerprint density at radius 3 is 2.36 bits per heavy atom. The number of aromatic nitrogens is 4. The van der Waals surface area contributed by atoms with Gasteiger partial charge < -0.3 is 15.6 Å². The number of fused-ring (bicyclic) bond motifs is 2. The summed E-state index contributed by atoms with van der Waals surface area (Å²) in [4.78, 5) is 51.3. The molecule has 44 heavy (non-hydrogen) atoms. The number of benzene rings is 3. The third-order valence-corrected chi connectivity index (χ3v) is 7.78. The van der Waals surface area contributed by atoms with E-state index in [2.05, 4.69) is 25.6 Å². The van der Waals surface area contributed by atoms with Gasteiger partial charge in [-0.25, -0.2) is 9.97 Å². The molecule has 3 heterocycles. The number of nitrogens with zero attached hydrogens (tertiary/aromatic N) is 3. The number of carbonyl (C=O) groups excluding carboxylic acids is 1. The van der Waals surface area contributed by atoms with Gasteiger partial charge in [-0.3, -0.25) is 19.0 Å². The van der Waals surface area contributed by atoms with Crippen molar-refractivity contribution in [3.63, 3.8) is 0 Å². The van der Waals surface area contributed by atoms with E-state index in [0.717, 1.165) is 5.56 Å². The molecule has 220 valence electrons. The summed E-state index contributed by atoms with van der Waals surface area (Å²) >= 11 is 7.20. The molecule has 0 radical (unpaired) electrons. The fourth-order valence-corrected chi connectivity index (χ4v) is 5.82. The Labute approximate surface area is 257 Å². The zero-order valence-electron chi connectivity index (χ0n) is 24.3. The van der Waals surface area contributed by atoms with Crippen LogP contribution in [-0.4, -0.2) is 31.5 Å². The molecule has 0 spiro atoms. The Balaban J connectivity index is 1.54. The first-order chi connectivity index (χ1) is 21.2. The smallest absolute Gasteiger partial charge is 0.263 e. The fourth-order valence-electron chi connectivity index (χ4n) is 5.42. The first kappa shape index (κ1) is 28.8. The molecule has 1 atom stereocenters. The molecule has 0 aliphatic heterocycles. The largest absolute Gasteiger partial charge is 0.361 e. The van der Waals surface area contributed by atoms with Crippen LogP contribution in [0.2, 0.25) is 5.02 Å². The van der Waals surface area contributed by atoms with Gasteiger partial charge in [-0.2, -0.15) is 0 Å². The number of anilines is 1. The third kappa shape index (κ3) is 5.22. The number of carbonyl (C=O) groups is 1. The van der Waals surface area contributed by atoms with Gasteiger partial charge in [0.15, 0.2) is 5.43 Å². The minimum Gasteiger partial charge on any atom is -0.361 e. The molecule has 6 aromatic rings. The van der Waals surface area contributed by atoms with Gasteiger partial charge in [0.2, 0.25) is 0 Å². The van der Waals surface area contributed by atoms with Crippen molar-refractivity contribution in [1.82, 2.24) is 24.8 Å². The standard InChI is InChI=1S/C34H29ClN6O3/c1-19(2)39-33(43)22-14-12-21(13-15-22)24-10-7-11-25-27(24)34(44)41(23-8-5-4-6-9-23)30(29(25)35)20(3)40-32-28-26(42)16-17-36-31(28)37-18-38-32/h4-20H,1-3H3,(H,39,43)(H2,36,37,38,40,42). The van der Waals surface area contributed by atoms with Crippen LogP contribution in [0, 0.1) is 0 Å². The van der Waals surface area contributed by atoms with Gasteiger partial charge in [0, 0.05) is 34.9 Å². The van der Waals surface area contributed by atoms with Crippen LogP contribution in [0.1, 0.15) is 42.9 Å². The molecule has 3 aromatic carbocycles. The average molecular weight is 605 g/mol. The summed E-state index contributed by atoms with van der Waals surface area (Å²) in [6.07, 6.45) is 2.90. The summed E-state index contributed by atoms with van der Waals surface area (Å²) < 4.78 is 1.60. The van der Waals surface area contributed by atoms with E-state index in [0.29, 0.717) is 55.2 Å². The maximum Gasteiger partial charge on any atom is 0.263 e. The summed E-state index contributed by atoms with van der Waals surface area (Å²) in [5, 5.41) is 7.91. The van der Waals surface area contributed by atoms with Crippen molar-refractivity contribution in [2.24, 2.45) is 0 Å². The molecule has 0 aliphatic carbocycles. The lowest BCUT2D eigenvalue weighted by molar-refractivity contribution is 0.0943. The molecule has 9 nitrogen and oxygen atoms in total. The molecular weight excluding hydrogens is 576 g/mol. The maximum absolute atomic E-state index is 14.5. The Bertz CT molecular complexity index is 2140. The van der Waals surface area contributed by atoms with Gasteiger partial charge in [0.05, 0.1) is 22.1 Å². The van der Waals surface area contributed by atoms with Crippen LogP contribution in [0.3, 0.4) is 0 Å². The molecule has 1 unspecified atom stereocenters. The van der Waals surface area contributed by atoms with Crippen molar-refractivity contribution < 1.29 is 4.79 Å². The predicted octanol–water partition coefficient (Wildman–Crippen LogP) is 6.25. The topological polar surface area (TPSA) is 122 Å². The summed E-state index contributed by atoms with van der Waals surface area (Å²) in [7, 11) is 0. The number of hydrogen-bond acceptors (Lipinski definition) is 6. The molecule has 3 N–H and O–H groups in total. The highest BCUT2D eigenvalue weighted by atomic mass is 35.5. The third-order valence-electron chi connectivity index (χ3n) is 7.39. The minimum atomic E-state index is -0.556. The van der Waals surface area contributed by atoms with Crippen molar-refractivity contribution >= 4 is 45.1 Å². The van der Waals surface area contributed by atoms with E-state index < -0.39 is 6.04 Å². The Hall–Kier alpha value is -5.28. The van der Waals surface area contributed by atoms with E-state index in [4.69, 9.17) is 11.6 Å². The number of nitrogens with one attached hydrogen (secondary N) is 3. The van der Waals surface area contributed by atoms with Crippen LogP contribution in [0.15, 0.2) is 101 Å². The van der Waals surface area contributed by atoms with E-state index in [1.165, 1.54) is 18.6 Å². The highest BCUT2D eigenvalue weighted by Gasteiger charge is 2.24. The van der Waals surface area contributed by atoms with Crippen LogP contribution in [0.25, 0.3) is 38.6 Å². The summed E-state index contributed by atoms with van der Waals surface area (Å²) in [6, 6.07) is 22.9. The number of hydrogen-bond donors (Lipinski definition) is 3. The zero-order chi connectivity index (χ0) is 31.0. The quantitative estimate of drug-likeness (QED) is 0.198. The van der Waals surface area contributed by atoms with Gasteiger partial charge in [-0.15, -0.1) is 0 Å². The van der Waals surface area contributed by atoms with Crippen molar-refractivity contribution in [2.75, 3.05) is 5.32 Å². The average Bonchev–Trinajstić information content (AvgIpc) is 3.02. The fraction of sp³-hybridized carbons (Fsp3) is 0.147. The number of para-hydroxylation sites is 1. The van der Waals surface area contributed by atoms with E-state index in [-0.39, 0.29) is 22.9 Å². The first-order valence-corrected chi connectivity index (χ1v) is 14.5. The van der Waals surface area contributed by atoms with Crippen molar-refractivity contribution in [3.8, 4) is 16.8 Å². The normalized spacial score (nSPS) is 12.0. The summed E-state index contributed by atoms with van der Waals surface area (Å²) in [5.74, 6) is 0.159. The number of amides is 1. The van der Waals surface area contributed by atoms with Crippen molar-refractivity contribution in [3.05, 3.63) is 128 Å². The molecule has 0 fully saturated rings. The molecule has 3 aromatic heterocycles. The van der Waals surface area contributed by atoms with Crippen LogP contribution in [0.4, 0.5) is 5.82 Å². The molecule has 0 aliphatic rings. The lowest BCUT2D eigenvalue weighted by atomic mass is 9.96. The van der Waals surface area contributed by atoms with Crippen LogP contribution in [0.5, 0.6) is 0 Å². The van der Waals surface area contributed by atoms with Crippen molar-refractivity contribution in [2.45, 2.75) is 32.9 Å². The number of rotatable bonds is 7. The predicted molar refractivity (Wildman–Crippen MR) is 175 cm³/mol. The lowest BCUT2D eigenvalue weighted by Gasteiger charge is -2.24.